The third-order valence-electron chi connectivity index (χ3n) is 2.60. The molecule has 5 nitrogen and oxygen atoms in total. The molecule has 90 valence electrons. The van der Waals surface area contributed by atoms with Crippen LogP contribution in [0.3, 0.4) is 0 Å². The first-order valence-corrected chi connectivity index (χ1v) is 5.43. The molecule has 1 aliphatic carbocycles. The molecule has 0 amide bonds. The molecular weight excluding hydrogens is 208 g/mol. The van der Waals surface area contributed by atoms with Gasteiger partial charge in [-0.3, -0.25) is 0 Å². The Kier molecular flexibility index (Phi) is 4.49. The highest BCUT2D eigenvalue weighted by molar-refractivity contribution is 5.87. The molecule has 0 aromatic carbocycles. The van der Waals surface area contributed by atoms with Crippen LogP contribution in [0.4, 0.5) is 0 Å². The molecule has 2 unspecified atom stereocenters. The van der Waals surface area contributed by atoms with Crippen LogP contribution in [-0.2, 0) is 4.74 Å². The minimum absolute atomic E-state index is 0.229. The molecule has 0 heterocycles. The van der Waals surface area contributed by atoms with E-state index >= 15 is 0 Å². The van der Waals surface area contributed by atoms with Gasteiger partial charge < -0.3 is 20.5 Å². The second-order valence-electron chi connectivity index (χ2n) is 3.82. The summed E-state index contributed by atoms with van der Waals surface area (Å²) in [6.07, 6.45) is 2.17. The monoisotopic (exact) mass is 226 g/mol. The Bertz CT molecular complexity index is 312. The second-order valence-corrected chi connectivity index (χ2v) is 3.82. The van der Waals surface area contributed by atoms with Crippen LogP contribution in [0.5, 0.6) is 0 Å². The quantitative estimate of drug-likeness (QED) is 0.247. The van der Waals surface area contributed by atoms with E-state index in [9.17, 15) is 10.3 Å². The largest absolute Gasteiger partial charge is 0.623 e. The zero-order valence-electron chi connectivity index (χ0n) is 9.48. The van der Waals surface area contributed by atoms with E-state index in [0.717, 1.165) is 6.42 Å². The predicted molar refractivity (Wildman–Crippen MR) is 61.8 cm³/mol. The molecule has 0 aromatic heterocycles. The predicted octanol–water partition coefficient (Wildman–Crippen LogP) is 1.05. The van der Waals surface area contributed by atoms with Gasteiger partial charge in [0.25, 0.3) is 0 Å². The highest BCUT2D eigenvalue weighted by atomic mass is 16.5. The topological polar surface area (TPSA) is 79.4 Å². The van der Waals surface area contributed by atoms with Gasteiger partial charge in [0.15, 0.2) is 17.9 Å². The molecule has 1 fully saturated rings. The van der Waals surface area contributed by atoms with Crippen LogP contribution in [0.2, 0.25) is 0 Å². The van der Waals surface area contributed by atoms with Gasteiger partial charge in [0.05, 0.1) is 6.61 Å². The number of nitrogens with zero attached hydrogens (tertiary/aromatic N) is 1. The zero-order valence-corrected chi connectivity index (χ0v) is 9.48. The third-order valence-corrected chi connectivity index (χ3v) is 2.60. The van der Waals surface area contributed by atoms with Crippen LogP contribution in [0.25, 0.3) is 0 Å². The molecular formula is C11H18N2O3. The maximum absolute atomic E-state index is 11.7. The van der Waals surface area contributed by atoms with Gasteiger partial charge in [0, 0.05) is 12.1 Å². The Morgan fingerprint density at radius 2 is 2.50 bits per heavy atom. The minimum Gasteiger partial charge on any atom is -0.623 e. The number of ether oxygens (including phenoxy) is 1. The third kappa shape index (κ3) is 3.06. The normalized spacial score (nSPS) is 26.6. The summed E-state index contributed by atoms with van der Waals surface area (Å²) in [6, 6.07) is -0.585. The Morgan fingerprint density at radius 1 is 1.81 bits per heavy atom. The molecule has 0 aromatic rings. The molecule has 0 bridgehead atoms. The molecule has 0 saturated heterocycles. The van der Waals surface area contributed by atoms with E-state index < -0.39 is 12.1 Å². The first-order valence-electron chi connectivity index (χ1n) is 5.43. The average Bonchev–Trinajstić information content (AvgIpc) is 2.22. The molecule has 0 radical (unpaired) electrons. The van der Waals surface area contributed by atoms with Crippen LogP contribution in [0, 0.1) is 10.6 Å². The van der Waals surface area contributed by atoms with Crippen LogP contribution >= 0.6 is 0 Å². The first kappa shape index (κ1) is 12.7. The number of allylic oxidation sites excluding steroid dienone is 1. The fraction of sp³-hybridized carbons (Fsp3) is 0.636. The van der Waals surface area contributed by atoms with Crippen molar-refractivity contribution >= 4 is 11.9 Å². The van der Waals surface area contributed by atoms with Crippen molar-refractivity contribution in [3.05, 3.63) is 17.5 Å². The van der Waals surface area contributed by atoms with Crippen molar-refractivity contribution in [2.24, 2.45) is 0 Å². The fourth-order valence-corrected chi connectivity index (χ4v) is 1.77. The average molecular weight is 226 g/mol. The number of hydrogen-bond acceptors (Lipinski definition) is 4. The van der Waals surface area contributed by atoms with Crippen molar-refractivity contribution < 1.29 is 14.6 Å². The molecule has 1 aliphatic rings. The molecule has 1 saturated carbocycles. The number of aliphatic hydroxyl groups is 1. The molecule has 0 spiro atoms. The van der Waals surface area contributed by atoms with Gasteiger partial charge in [-0.15, -0.1) is 0 Å². The Balaban J connectivity index is 2.68. The van der Waals surface area contributed by atoms with Gasteiger partial charge >= 0.3 is 0 Å². The minimum atomic E-state index is -0.975. The maximum atomic E-state index is 11.7. The summed E-state index contributed by atoms with van der Waals surface area (Å²) in [5.74, 6) is 0.279. The van der Waals surface area contributed by atoms with E-state index in [1.54, 1.807) is 6.92 Å². The highest BCUT2D eigenvalue weighted by Gasteiger charge is 2.33. The smallest absolute Gasteiger partial charge is 0.216 e. The first-order chi connectivity index (χ1) is 7.56. The SMILES string of the molecule is C=C(C=[N+]([O-])C1CCCC(=N)C1O)OCC. The number of aliphatic hydroxyl groups excluding tert-OH is 1. The van der Waals surface area contributed by atoms with Crippen molar-refractivity contribution in [1.82, 2.24) is 0 Å². The van der Waals surface area contributed by atoms with Crippen molar-refractivity contribution in [3.8, 4) is 0 Å². The van der Waals surface area contributed by atoms with Crippen LogP contribution in [0.15, 0.2) is 12.3 Å². The van der Waals surface area contributed by atoms with Gasteiger partial charge in [-0.25, -0.2) is 4.74 Å². The summed E-state index contributed by atoms with van der Waals surface area (Å²) in [6.45, 7) is 5.82. The number of hydrogen-bond donors (Lipinski definition) is 2. The van der Waals surface area contributed by atoms with E-state index in [0.29, 0.717) is 24.2 Å². The highest BCUT2D eigenvalue weighted by Crippen LogP contribution is 2.18. The van der Waals surface area contributed by atoms with E-state index in [-0.39, 0.29) is 11.5 Å². The second kappa shape index (κ2) is 5.65. The lowest BCUT2D eigenvalue weighted by atomic mass is 9.91. The summed E-state index contributed by atoms with van der Waals surface area (Å²) in [4.78, 5) is 0. The summed E-state index contributed by atoms with van der Waals surface area (Å²) in [7, 11) is 0. The summed E-state index contributed by atoms with van der Waals surface area (Å²) in [5.41, 5.74) is 0.229. The Labute approximate surface area is 95.1 Å². The number of rotatable bonds is 4. The van der Waals surface area contributed by atoms with Gasteiger partial charge in [-0.2, -0.15) is 0 Å². The van der Waals surface area contributed by atoms with E-state index in [4.69, 9.17) is 10.1 Å². The van der Waals surface area contributed by atoms with Crippen LogP contribution < -0.4 is 0 Å². The molecule has 5 heteroatoms. The van der Waals surface area contributed by atoms with Gasteiger partial charge in [-0.1, -0.05) is 6.58 Å². The molecule has 2 N–H and O–H groups in total. The fourth-order valence-electron chi connectivity index (χ4n) is 1.77. The lowest BCUT2D eigenvalue weighted by Crippen LogP contribution is -2.43. The standard InChI is InChI=1S/C11H18N2O3/c1-3-16-8(2)7-13(15)10-6-4-5-9(12)11(10)14/h7,10-12,14H,2-6H2,1H3. The molecule has 2 atom stereocenters. The number of nitrogens with one attached hydrogen (secondary N) is 1. The van der Waals surface area contributed by atoms with Crippen molar-refractivity contribution in [1.29, 1.82) is 5.41 Å². The lowest BCUT2D eigenvalue weighted by molar-refractivity contribution is -0.508. The summed E-state index contributed by atoms with van der Waals surface area (Å²) >= 11 is 0. The molecule has 1 rings (SSSR count). The maximum Gasteiger partial charge on any atom is 0.216 e. The molecule has 0 aliphatic heterocycles. The van der Waals surface area contributed by atoms with E-state index in [1.165, 1.54) is 6.21 Å². The molecule has 16 heavy (non-hydrogen) atoms. The zero-order chi connectivity index (χ0) is 12.1. The Morgan fingerprint density at radius 3 is 3.12 bits per heavy atom. The number of hydroxylamine groups is 1. The van der Waals surface area contributed by atoms with Crippen LogP contribution in [0.1, 0.15) is 26.2 Å². The van der Waals surface area contributed by atoms with Crippen molar-refractivity contribution in [2.45, 2.75) is 38.3 Å². The lowest BCUT2D eigenvalue weighted by Gasteiger charge is -2.26. The van der Waals surface area contributed by atoms with E-state index in [2.05, 4.69) is 6.58 Å². The van der Waals surface area contributed by atoms with Gasteiger partial charge in [-0.05, 0) is 19.8 Å². The van der Waals surface area contributed by atoms with Crippen molar-refractivity contribution in [2.75, 3.05) is 6.61 Å². The summed E-state index contributed by atoms with van der Waals surface area (Å²) < 4.78 is 5.69. The van der Waals surface area contributed by atoms with E-state index in [1.807, 2.05) is 0 Å². The van der Waals surface area contributed by atoms with Crippen LogP contribution in [-0.4, -0.2) is 40.5 Å². The van der Waals surface area contributed by atoms with Crippen molar-refractivity contribution in [3.63, 3.8) is 0 Å². The summed E-state index contributed by atoms with van der Waals surface area (Å²) in [5, 5.41) is 28.9. The van der Waals surface area contributed by atoms with Gasteiger partial charge in [0.2, 0.25) is 6.21 Å². The Hall–Kier alpha value is -1.36. The van der Waals surface area contributed by atoms with Gasteiger partial charge in [0.1, 0.15) is 0 Å².